The SMILES string of the molecule is O=C([O-])CCCC1CCCCC1.O=C([O-])CCCC1CCCCC1.[Cd+2]. The molecule has 0 saturated heterocycles. The van der Waals surface area contributed by atoms with Crippen molar-refractivity contribution < 1.29 is 47.1 Å². The van der Waals surface area contributed by atoms with Gasteiger partial charge in [-0.05, 0) is 37.5 Å². The van der Waals surface area contributed by atoms with Gasteiger partial charge in [0.1, 0.15) is 0 Å². The van der Waals surface area contributed by atoms with Crippen LogP contribution in [0.3, 0.4) is 0 Å². The van der Waals surface area contributed by atoms with E-state index >= 15 is 0 Å². The van der Waals surface area contributed by atoms with Crippen LogP contribution in [0.1, 0.15) is 103 Å². The van der Waals surface area contributed by atoms with Gasteiger partial charge >= 0.3 is 27.3 Å². The summed E-state index contributed by atoms with van der Waals surface area (Å²) in [4.78, 5) is 20.3. The number of hydrogen-bond acceptors (Lipinski definition) is 4. The van der Waals surface area contributed by atoms with E-state index < -0.39 is 11.9 Å². The molecule has 0 aromatic rings. The molecule has 0 N–H and O–H groups in total. The molecule has 0 atom stereocenters. The molecule has 0 amide bonds. The van der Waals surface area contributed by atoms with Crippen molar-refractivity contribution in [3.8, 4) is 0 Å². The Morgan fingerprint density at radius 2 is 0.960 bits per heavy atom. The Morgan fingerprint density at radius 1 is 0.640 bits per heavy atom. The molecule has 2 saturated carbocycles. The van der Waals surface area contributed by atoms with Gasteiger partial charge < -0.3 is 19.8 Å². The van der Waals surface area contributed by atoms with E-state index in [1.54, 1.807) is 0 Å². The molecule has 2 rings (SSSR count). The van der Waals surface area contributed by atoms with Gasteiger partial charge in [0.25, 0.3) is 0 Å². The molecular weight excluding hydrogens is 417 g/mol. The summed E-state index contributed by atoms with van der Waals surface area (Å²) in [5, 5.41) is 20.3. The molecule has 25 heavy (non-hydrogen) atoms. The van der Waals surface area contributed by atoms with Gasteiger partial charge in [0.2, 0.25) is 0 Å². The number of hydrogen-bond donors (Lipinski definition) is 0. The summed E-state index contributed by atoms with van der Waals surface area (Å²) in [6.07, 6.45) is 17.7. The van der Waals surface area contributed by atoms with Gasteiger partial charge in [0, 0.05) is 11.9 Å². The Morgan fingerprint density at radius 3 is 1.24 bits per heavy atom. The van der Waals surface area contributed by atoms with Crippen molar-refractivity contribution in [3.63, 3.8) is 0 Å². The number of carboxylic acids is 2. The van der Waals surface area contributed by atoms with Crippen molar-refractivity contribution in [2.45, 2.75) is 103 Å². The van der Waals surface area contributed by atoms with Crippen molar-refractivity contribution in [3.05, 3.63) is 0 Å². The molecule has 0 bridgehead atoms. The van der Waals surface area contributed by atoms with Crippen molar-refractivity contribution in [2.75, 3.05) is 0 Å². The molecule has 0 heterocycles. The van der Waals surface area contributed by atoms with Gasteiger partial charge in [-0.1, -0.05) is 77.0 Å². The summed E-state index contributed by atoms with van der Waals surface area (Å²) in [6.45, 7) is 0. The van der Waals surface area contributed by atoms with Crippen LogP contribution >= 0.6 is 0 Å². The van der Waals surface area contributed by atoms with Crippen LogP contribution in [0.5, 0.6) is 0 Å². The summed E-state index contributed by atoms with van der Waals surface area (Å²) in [5.74, 6) is -0.187. The molecule has 2 fully saturated rings. The van der Waals surface area contributed by atoms with E-state index in [-0.39, 0.29) is 40.1 Å². The van der Waals surface area contributed by atoms with E-state index in [0.717, 1.165) is 37.5 Å². The fourth-order valence-corrected chi connectivity index (χ4v) is 4.02. The standard InChI is InChI=1S/2C10H18O2.Cd/c2*11-10(12)8-4-7-9-5-2-1-3-6-9;/h2*9H,1-8H2,(H,11,12);/q;;+2/p-2. The molecule has 4 nitrogen and oxygen atoms in total. The van der Waals surface area contributed by atoms with Crippen molar-refractivity contribution in [1.29, 1.82) is 0 Å². The molecule has 140 valence electrons. The van der Waals surface area contributed by atoms with E-state index in [2.05, 4.69) is 0 Å². The third kappa shape index (κ3) is 14.7. The van der Waals surface area contributed by atoms with Gasteiger partial charge in [-0.3, -0.25) is 0 Å². The maximum absolute atomic E-state index is 10.1. The fourth-order valence-electron chi connectivity index (χ4n) is 4.02. The average Bonchev–Trinajstić information content (AvgIpc) is 2.57. The van der Waals surface area contributed by atoms with Gasteiger partial charge in [0.05, 0.1) is 0 Å². The molecule has 0 aliphatic heterocycles. The minimum absolute atomic E-state index is 0. The number of rotatable bonds is 8. The molecule has 2 aliphatic carbocycles. The second-order valence-electron chi connectivity index (χ2n) is 7.54. The van der Waals surface area contributed by atoms with Crippen LogP contribution in [0.15, 0.2) is 0 Å². The normalized spacial score (nSPS) is 18.6. The van der Waals surface area contributed by atoms with E-state index in [9.17, 15) is 19.8 Å². The van der Waals surface area contributed by atoms with Crippen LogP contribution in [0.2, 0.25) is 0 Å². The summed E-state index contributed by atoms with van der Waals surface area (Å²) >= 11 is 0. The maximum Gasteiger partial charge on any atom is 2.00 e. The minimum Gasteiger partial charge on any atom is -0.550 e. The Hall–Kier alpha value is -0.138. The predicted octanol–water partition coefficient (Wildman–Crippen LogP) is 2.97. The topological polar surface area (TPSA) is 80.3 Å². The first-order valence-electron chi connectivity index (χ1n) is 9.97. The molecule has 2 aliphatic rings. The monoisotopic (exact) mass is 452 g/mol. The van der Waals surface area contributed by atoms with Crippen LogP contribution in [0.4, 0.5) is 0 Å². The third-order valence-electron chi connectivity index (χ3n) is 5.44. The van der Waals surface area contributed by atoms with E-state index in [1.165, 1.54) is 64.2 Å². The molecule has 0 radical (unpaired) electrons. The molecule has 0 aromatic carbocycles. The number of aliphatic carboxylic acids is 2. The molecule has 0 unspecified atom stereocenters. The van der Waals surface area contributed by atoms with Gasteiger partial charge in [0.15, 0.2) is 0 Å². The van der Waals surface area contributed by atoms with Crippen LogP contribution in [0, 0.1) is 11.8 Å². The zero-order chi connectivity index (χ0) is 17.6. The molecule has 0 spiro atoms. The first kappa shape index (κ1) is 24.9. The fraction of sp³-hybridized carbons (Fsp3) is 0.900. The van der Waals surface area contributed by atoms with Crippen LogP contribution < -0.4 is 10.2 Å². The Labute approximate surface area is 173 Å². The van der Waals surface area contributed by atoms with Crippen LogP contribution in [-0.4, -0.2) is 11.9 Å². The zero-order valence-electron chi connectivity index (χ0n) is 15.8. The number of carbonyl (C=O) groups is 2. The largest absolute Gasteiger partial charge is 2.00 e. The first-order valence-corrected chi connectivity index (χ1v) is 9.97. The van der Waals surface area contributed by atoms with Gasteiger partial charge in [-0.25, -0.2) is 0 Å². The van der Waals surface area contributed by atoms with E-state index in [1.807, 2.05) is 0 Å². The smallest absolute Gasteiger partial charge is 0.550 e. The van der Waals surface area contributed by atoms with Crippen LogP contribution in [0.25, 0.3) is 0 Å². The summed E-state index contributed by atoms with van der Waals surface area (Å²) in [7, 11) is 0. The molecule has 5 heteroatoms. The third-order valence-corrected chi connectivity index (χ3v) is 5.44. The molecule has 0 aromatic heterocycles. The minimum atomic E-state index is -0.897. The van der Waals surface area contributed by atoms with Crippen LogP contribution in [-0.2, 0) is 36.9 Å². The van der Waals surface area contributed by atoms with E-state index in [0.29, 0.717) is 0 Å². The van der Waals surface area contributed by atoms with Gasteiger partial charge in [-0.2, -0.15) is 0 Å². The molecular formula is C20H34CdO4. The van der Waals surface area contributed by atoms with Crippen molar-refractivity contribution >= 4 is 11.9 Å². The summed E-state index contributed by atoms with van der Waals surface area (Å²) in [6, 6.07) is 0. The Kier molecular flexibility index (Phi) is 16.0. The maximum atomic E-state index is 10.1. The second-order valence-corrected chi connectivity index (χ2v) is 7.54. The number of carboxylic acid groups (broad SMARTS) is 2. The Balaban J connectivity index is 0.000000443. The van der Waals surface area contributed by atoms with E-state index in [4.69, 9.17) is 0 Å². The second kappa shape index (κ2) is 16.1. The van der Waals surface area contributed by atoms with Crippen molar-refractivity contribution in [1.82, 2.24) is 0 Å². The summed E-state index contributed by atoms with van der Waals surface area (Å²) < 4.78 is 0. The average molecular weight is 451 g/mol. The quantitative estimate of drug-likeness (QED) is 0.532. The Bertz CT molecular complexity index is 314. The number of carbonyl (C=O) groups excluding carboxylic acids is 2. The zero-order valence-corrected chi connectivity index (χ0v) is 19.8. The van der Waals surface area contributed by atoms with Gasteiger partial charge in [-0.15, -0.1) is 0 Å². The first-order chi connectivity index (χ1) is 11.6. The van der Waals surface area contributed by atoms with Crippen molar-refractivity contribution in [2.24, 2.45) is 11.8 Å². The summed E-state index contributed by atoms with van der Waals surface area (Å²) in [5.41, 5.74) is 0. The predicted molar refractivity (Wildman–Crippen MR) is 90.9 cm³/mol.